The van der Waals surface area contributed by atoms with Gasteiger partial charge in [0.25, 0.3) is 0 Å². The van der Waals surface area contributed by atoms with E-state index in [4.69, 9.17) is 0 Å². The van der Waals surface area contributed by atoms with E-state index in [1.807, 2.05) is 0 Å². The largest absolute Gasteiger partial charge is 0.315 e. The molecule has 0 aromatic heterocycles. The fraction of sp³-hybridized carbons (Fsp3) is 1.00. The second-order valence-corrected chi connectivity index (χ2v) is 5.81. The van der Waals surface area contributed by atoms with Crippen molar-refractivity contribution in [3.8, 4) is 0 Å². The number of likely N-dealkylation sites (N-methyl/N-ethyl adjacent to an activating group) is 1. The van der Waals surface area contributed by atoms with Gasteiger partial charge in [-0.3, -0.25) is 0 Å². The van der Waals surface area contributed by atoms with Crippen molar-refractivity contribution in [2.45, 2.75) is 40.5 Å². The maximum Gasteiger partial charge on any atom is 0.0101 e. The number of rotatable bonds is 7. The van der Waals surface area contributed by atoms with Crippen LogP contribution in [0, 0.1) is 11.3 Å². The van der Waals surface area contributed by atoms with Gasteiger partial charge < -0.3 is 10.2 Å². The molecule has 0 saturated heterocycles. The van der Waals surface area contributed by atoms with Crippen LogP contribution in [0.3, 0.4) is 0 Å². The molecule has 0 aromatic carbocycles. The molecule has 1 N–H and O–H groups in total. The molecule has 0 aliphatic rings. The summed E-state index contributed by atoms with van der Waals surface area (Å²) >= 11 is 0. The average Bonchev–Trinajstić information content (AvgIpc) is 2.08. The quantitative estimate of drug-likeness (QED) is 0.655. The molecule has 0 rings (SSSR count). The van der Waals surface area contributed by atoms with Crippen LogP contribution >= 0.6 is 0 Å². The maximum absolute atomic E-state index is 3.51. The Morgan fingerprint density at radius 2 is 1.73 bits per heavy atom. The molecule has 2 heteroatoms. The first-order valence-corrected chi connectivity index (χ1v) is 6.23. The van der Waals surface area contributed by atoms with Crippen LogP contribution in [0.2, 0.25) is 0 Å². The molecule has 0 spiro atoms. The highest BCUT2D eigenvalue weighted by Gasteiger charge is 2.21. The van der Waals surface area contributed by atoms with Gasteiger partial charge in [0.1, 0.15) is 0 Å². The summed E-state index contributed by atoms with van der Waals surface area (Å²) in [7, 11) is 4.23. The van der Waals surface area contributed by atoms with Gasteiger partial charge in [0.2, 0.25) is 0 Å². The highest BCUT2D eigenvalue weighted by atomic mass is 15.1. The maximum atomic E-state index is 3.51. The van der Waals surface area contributed by atoms with Gasteiger partial charge in [-0.25, -0.2) is 0 Å². The van der Waals surface area contributed by atoms with E-state index in [0.29, 0.717) is 5.41 Å². The van der Waals surface area contributed by atoms with Crippen molar-refractivity contribution in [2.24, 2.45) is 11.3 Å². The summed E-state index contributed by atoms with van der Waals surface area (Å²) in [5.41, 5.74) is 0.456. The first-order valence-electron chi connectivity index (χ1n) is 6.23. The third kappa shape index (κ3) is 7.80. The Bertz CT molecular complexity index is 147. The molecule has 0 aliphatic heterocycles. The molecule has 15 heavy (non-hydrogen) atoms. The molecule has 0 heterocycles. The van der Waals surface area contributed by atoms with E-state index < -0.39 is 0 Å². The minimum atomic E-state index is 0.456. The first kappa shape index (κ1) is 14.9. The highest BCUT2D eigenvalue weighted by molar-refractivity contribution is 4.73. The van der Waals surface area contributed by atoms with Crippen molar-refractivity contribution in [3.63, 3.8) is 0 Å². The first-order chi connectivity index (χ1) is 6.88. The van der Waals surface area contributed by atoms with Crippen molar-refractivity contribution < 1.29 is 0 Å². The standard InChI is InChI=1S/C13H30N2/c1-7-12(13(2,3)4)8-9-14-10-11-15(5)6/h12,14H,7-11H2,1-6H3. The molecular formula is C13H30N2. The fourth-order valence-corrected chi connectivity index (χ4v) is 1.95. The molecule has 2 nitrogen and oxygen atoms in total. The zero-order chi connectivity index (χ0) is 11.9. The lowest BCUT2D eigenvalue weighted by Gasteiger charge is -2.30. The molecule has 0 saturated carbocycles. The summed E-state index contributed by atoms with van der Waals surface area (Å²) in [6.45, 7) is 12.7. The Hall–Kier alpha value is -0.0800. The number of nitrogens with zero attached hydrogens (tertiary/aromatic N) is 1. The SMILES string of the molecule is CCC(CCNCCN(C)C)C(C)(C)C. The molecule has 92 valence electrons. The Morgan fingerprint density at radius 3 is 2.13 bits per heavy atom. The smallest absolute Gasteiger partial charge is 0.0101 e. The summed E-state index contributed by atoms with van der Waals surface area (Å²) in [5, 5.41) is 3.51. The third-order valence-electron chi connectivity index (χ3n) is 3.12. The molecule has 0 bridgehead atoms. The zero-order valence-electron chi connectivity index (χ0n) is 11.6. The third-order valence-corrected chi connectivity index (χ3v) is 3.12. The fourth-order valence-electron chi connectivity index (χ4n) is 1.95. The molecule has 0 radical (unpaired) electrons. The van der Waals surface area contributed by atoms with Gasteiger partial charge in [0, 0.05) is 13.1 Å². The van der Waals surface area contributed by atoms with E-state index in [1.54, 1.807) is 0 Å². The van der Waals surface area contributed by atoms with E-state index in [9.17, 15) is 0 Å². The molecular weight excluding hydrogens is 184 g/mol. The monoisotopic (exact) mass is 214 g/mol. The highest BCUT2D eigenvalue weighted by Crippen LogP contribution is 2.30. The minimum absolute atomic E-state index is 0.456. The van der Waals surface area contributed by atoms with Crippen molar-refractivity contribution in [1.82, 2.24) is 10.2 Å². The summed E-state index contributed by atoms with van der Waals surface area (Å²) in [6.07, 6.45) is 2.59. The van der Waals surface area contributed by atoms with Crippen LogP contribution in [-0.2, 0) is 0 Å². The lowest BCUT2D eigenvalue weighted by atomic mass is 9.77. The van der Waals surface area contributed by atoms with Crippen LogP contribution < -0.4 is 5.32 Å². The Balaban J connectivity index is 3.56. The topological polar surface area (TPSA) is 15.3 Å². The minimum Gasteiger partial charge on any atom is -0.315 e. The predicted molar refractivity (Wildman–Crippen MR) is 69.3 cm³/mol. The summed E-state index contributed by atoms with van der Waals surface area (Å²) < 4.78 is 0. The lowest BCUT2D eigenvalue weighted by Crippen LogP contribution is -2.30. The Kier molecular flexibility index (Phi) is 7.20. The number of hydrogen-bond donors (Lipinski definition) is 1. The van der Waals surface area contributed by atoms with E-state index >= 15 is 0 Å². The van der Waals surface area contributed by atoms with Crippen molar-refractivity contribution >= 4 is 0 Å². The van der Waals surface area contributed by atoms with Crippen molar-refractivity contribution in [3.05, 3.63) is 0 Å². The second-order valence-electron chi connectivity index (χ2n) is 5.81. The lowest BCUT2D eigenvalue weighted by molar-refractivity contribution is 0.216. The van der Waals surface area contributed by atoms with E-state index in [0.717, 1.165) is 25.6 Å². The van der Waals surface area contributed by atoms with Crippen molar-refractivity contribution in [2.75, 3.05) is 33.7 Å². The van der Waals surface area contributed by atoms with Gasteiger partial charge in [0.15, 0.2) is 0 Å². The predicted octanol–water partition coefficient (Wildman–Crippen LogP) is 2.60. The van der Waals surface area contributed by atoms with Gasteiger partial charge in [-0.1, -0.05) is 34.1 Å². The van der Waals surface area contributed by atoms with Gasteiger partial charge >= 0.3 is 0 Å². The van der Waals surface area contributed by atoms with Gasteiger partial charge in [0.05, 0.1) is 0 Å². The van der Waals surface area contributed by atoms with Crippen LogP contribution in [0.25, 0.3) is 0 Å². The van der Waals surface area contributed by atoms with E-state index in [2.05, 4.69) is 52.0 Å². The molecule has 0 fully saturated rings. The number of nitrogens with one attached hydrogen (secondary N) is 1. The van der Waals surface area contributed by atoms with Gasteiger partial charge in [-0.2, -0.15) is 0 Å². The molecule has 1 atom stereocenters. The van der Waals surface area contributed by atoms with Gasteiger partial charge in [-0.05, 0) is 38.4 Å². The zero-order valence-corrected chi connectivity index (χ0v) is 11.6. The van der Waals surface area contributed by atoms with E-state index in [1.165, 1.54) is 12.8 Å². The average molecular weight is 214 g/mol. The molecule has 0 amide bonds. The van der Waals surface area contributed by atoms with Crippen molar-refractivity contribution in [1.29, 1.82) is 0 Å². The summed E-state index contributed by atoms with van der Waals surface area (Å²) in [6, 6.07) is 0. The van der Waals surface area contributed by atoms with Crippen LogP contribution in [0.4, 0.5) is 0 Å². The summed E-state index contributed by atoms with van der Waals surface area (Å²) in [4.78, 5) is 2.22. The normalized spacial score (nSPS) is 14.6. The van der Waals surface area contributed by atoms with Crippen LogP contribution in [0.1, 0.15) is 40.5 Å². The molecule has 1 unspecified atom stereocenters. The Morgan fingerprint density at radius 1 is 1.13 bits per heavy atom. The van der Waals surface area contributed by atoms with Crippen LogP contribution in [0.5, 0.6) is 0 Å². The van der Waals surface area contributed by atoms with Gasteiger partial charge in [-0.15, -0.1) is 0 Å². The van der Waals surface area contributed by atoms with E-state index in [-0.39, 0.29) is 0 Å². The van der Waals surface area contributed by atoms with Crippen LogP contribution in [0.15, 0.2) is 0 Å². The van der Waals surface area contributed by atoms with Crippen LogP contribution in [-0.4, -0.2) is 38.6 Å². The summed E-state index contributed by atoms with van der Waals surface area (Å²) in [5.74, 6) is 0.837. The molecule has 0 aliphatic carbocycles. The molecule has 0 aromatic rings. The number of hydrogen-bond acceptors (Lipinski definition) is 2. The second kappa shape index (κ2) is 7.24. The Labute approximate surface area is 96.4 Å².